The van der Waals surface area contributed by atoms with Crippen LogP contribution in [0.5, 0.6) is 0 Å². The molecule has 19 heavy (non-hydrogen) atoms. The topological polar surface area (TPSA) is 65.5 Å². The molecule has 5 heteroatoms. The molecule has 0 aromatic carbocycles. The predicted molar refractivity (Wildman–Crippen MR) is 76.4 cm³/mol. The Morgan fingerprint density at radius 1 is 1.32 bits per heavy atom. The lowest BCUT2D eigenvalue weighted by Crippen LogP contribution is -2.57. The van der Waals surface area contributed by atoms with Crippen molar-refractivity contribution in [3.05, 3.63) is 23.9 Å². The van der Waals surface area contributed by atoms with Gasteiger partial charge in [0.05, 0.1) is 11.1 Å². The molecule has 1 rings (SSSR count). The predicted octanol–water partition coefficient (Wildman–Crippen LogP) is 1.43. The van der Waals surface area contributed by atoms with E-state index in [0.717, 1.165) is 0 Å². The van der Waals surface area contributed by atoms with Crippen LogP contribution in [-0.2, 0) is 0 Å². The van der Waals surface area contributed by atoms with Crippen molar-refractivity contribution >= 4 is 11.7 Å². The fourth-order valence-corrected chi connectivity index (χ4v) is 1.31. The molecule has 0 fully saturated rings. The summed E-state index contributed by atoms with van der Waals surface area (Å²) in [6.45, 7) is 6.92. The number of hydrogen-bond acceptors (Lipinski definition) is 4. The van der Waals surface area contributed by atoms with E-state index in [4.69, 9.17) is 0 Å². The van der Waals surface area contributed by atoms with Gasteiger partial charge in [-0.05, 0) is 39.8 Å². The van der Waals surface area contributed by atoms with Gasteiger partial charge in [-0.1, -0.05) is 0 Å². The van der Waals surface area contributed by atoms with Crippen molar-refractivity contribution < 1.29 is 9.90 Å². The number of nitrogens with one attached hydrogen (secondary N) is 1. The molecule has 0 radical (unpaired) electrons. The molecule has 0 aliphatic heterocycles. The van der Waals surface area contributed by atoms with E-state index >= 15 is 0 Å². The lowest BCUT2D eigenvalue weighted by molar-refractivity contribution is -0.00292. The van der Waals surface area contributed by atoms with Gasteiger partial charge in [0.2, 0.25) is 0 Å². The van der Waals surface area contributed by atoms with Crippen LogP contribution < -0.4 is 10.2 Å². The number of carbonyl (C=O) groups excluding carboxylic acids is 1. The minimum Gasteiger partial charge on any atom is -0.388 e. The van der Waals surface area contributed by atoms with Gasteiger partial charge in [-0.25, -0.2) is 4.98 Å². The van der Waals surface area contributed by atoms with Gasteiger partial charge < -0.3 is 15.3 Å². The summed E-state index contributed by atoms with van der Waals surface area (Å²) in [6, 6.07) is 3.37. The standard InChI is InChI=1S/C14H23N3O2/c1-13(2,14(3,4)19)16-12(18)10-7-8-15-11(9-10)17(5)6/h7-9,19H,1-6H3,(H,16,18). The van der Waals surface area contributed by atoms with Crippen molar-refractivity contribution in [3.63, 3.8) is 0 Å². The summed E-state index contributed by atoms with van der Waals surface area (Å²) in [6.07, 6.45) is 1.60. The Kier molecular flexibility index (Phi) is 4.20. The monoisotopic (exact) mass is 265 g/mol. The fourth-order valence-electron chi connectivity index (χ4n) is 1.31. The molecule has 1 amide bonds. The zero-order chi connectivity index (χ0) is 14.8. The molecular formula is C14H23N3O2. The highest BCUT2D eigenvalue weighted by Crippen LogP contribution is 2.21. The number of aliphatic hydroxyl groups is 1. The van der Waals surface area contributed by atoms with E-state index < -0.39 is 11.1 Å². The highest BCUT2D eigenvalue weighted by atomic mass is 16.3. The number of hydrogen-bond donors (Lipinski definition) is 2. The zero-order valence-electron chi connectivity index (χ0n) is 12.5. The average Bonchev–Trinajstić information content (AvgIpc) is 2.27. The van der Waals surface area contributed by atoms with Crippen LogP contribution in [0.15, 0.2) is 18.3 Å². The molecule has 5 nitrogen and oxygen atoms in total. The Morgan fingerprint density at radius 2 is 1.89 bits per heavy atom. The fraction of sp³-hybridized carbons (Fsp3) is 0.571. The van der Waals surface area contributed by atoms with E-state index in [1.807, 2.05) is 19.0 Å². The third-order valence-corrected chi connectivity index (χ3v) is 3.42. The van der Waals surface area contributed by atoms with Crippen molar-refractivity contribution in [2.75, 3.05) is 19.0 Å². The molecule has 0 atom stereocenters. The van der Waals surface area contributed by atoms with E-state index in [2.05, 4.69) is 10.3 Å². The van der Waals surface area contributed by atoms with E-state index in [9.17, 15) is 9.90 Å². The lowest BCUT2D eigenvalue weighted by atomic mass is 9.86. The van der Waals surface area contributed by atoms with Gasteiger partial charge in [0.1, 0.15) is 5.82 Å². The molecule has 0 saturated carbocycles. The second-order valence-corrected chi connectivity index (χ2v) is 5.94. The van der Waals surface area contributed by atoms with Crippen LogP contribution in [0.3, 0.4) is 0 Å². The molecule has 0 unspecified atom stereocenters. The summed E-state index contributed by atoms with van der Waals surface area (Å²) in [5.74, 6) is 0.492. The maximum Gasteiger partial charge on any atom is 0.251 e. The number of amides is 1. The Labute approximate surface area is 114 Å². The molecule has 1 aromatic rings. The van der Waals surface area contributed by atoms with Gasteiger partial charge >= 0.3 is 0 Å². The number of pyridine rings is 1. The quantitative estimate of drug-likeness (QED) is 0.864. The largest absolute Gasteiger partial charge is 0.388 e. The maximum absolute atomic E-state index is 12.2. The Balaban J connectivity index is 2.93. The molecule has 0 aliphatic carbocycles. The molecular weight excluding hydrogens is 242 g/mol. The Morgan fingerprint density at radius 3 is 2.37 bits per heavy atom. The number of rotatable bonds is 4. The van der Waals surface area contributed by atoms with Crippen LogP contribution in [-0.4, -0.2) is 41.2 Å². The Hall–Kier alpha value is -1.62. The minimum absolute atomic E-state index is 0.224. The van der Waals surface area contributed by atoms with Crippen molar-refractivity contribution in [3.8, 4) is 0 Å². The highest BCUT2D eigenvalue weighted by molar-refractivity contribution is 5.95. The first-order chi connectivity index (χ1) is 8.54. The van der Waals surface area contributed by atoms with Gasteiger partial charge in [-0.3, -0.25) is 4.79 Å². The van der Waals surface area contributed by atoms with Gasteiger partial charge in [0, 0.05) is 25.9 Å². The van der Waals surface area contributed by atoms with Gasteiger partial charge in [-0.15, -0.1) is 0 Å². The molecule has 0 spiro atoms. The first-order valence-corrected chi connectivity index (χ1v) is 6.23. The van der Waals surface area contributed by atoms with Crippen LogP contribution >= 0.6 is 0 Å². The highest BCUT2D eigenvalue weighted by Gasteiger charge is 2.36. The summed E-state index contributed by atoms with van der Waals surface area (Å²) in [4.78, 5) is 18.2. The second-order valence-electron chi connectivity index (χ2n) is 5.94. The zero-order valence-corrected chi connectivity index (χ0v) is 12.5. The van der Waals surface area contributed by atoms with Gasteiger partial charge in [0.25, 0.3) is 5.91 Å². The number of carbonyl (C=O) groups is 1. The first-order valence-electron chi connectivity index (χ1n) is 6.23. The average molecular weight is 265 g/mol. The maximum atomic E-state index is 12.2. The molecule has 1 aromatic heterocycles. The summed E-state index contributed by atoms with van der Waals surface area (Å²) in [7, 11) is 3.73. The third-order valence-electron chi connectivity index (χ3n) is 3.42. The lowest BCUT2D eigenvalue weighted by Gasteiger charge is -2.38. The third kappa shape index (κ3) is 3.67. The number of anilines is 1. The minimum atomic E-state index is -1.01. The van der Waals surface area contributed by atoms with Crippen LogP contribution in [0.2, 0.25) is 0 Å². The van der Waals surface area contributed by atoms with Crippen molar-refractivity contribution in [2.45, 2.75) is 38.8 Å². The summed E-state index contributed by atoms with van der Waals surface area (Å²) >= 11 is 0. The van der Waals surface area contributed by atoms with Crippen LogP contribution in [0.1, 0.15) is 38.1 Å². The first kappa shape index (κ1) is 15.4. The summed E-state index contributed by atoms with van der Waals surface area (Å²) in [5.41, 5.74) is -1.22. The summed E-state index contributed by atoms with van der Waals surface area (Å²) < 4.78 is 0. The Bertz CT molecular complexity index is 462. The van der Waals surface area contributed by atoms with Crippen LogP contribution in [0.25, 0.3) is 0 Å². The molecule has 106 valence electrons. The molecule has 2 N–H and O–H groups in total. The molecule has 0 bridgehead atoms. The van der Waals surface area contributed by atoms with Crippen LogP contribution in [0.4, 0.5) is 5.82 Å². The molecule has 1 heterocycles. The van der Waals surface area contributed by atoms with Gasteiger partial charge in [0.15, 0.2) is 0 Å². The van der Waals surface area contributed by atoms with Crippen molar-refractivity contribution in [1.82, 2.24) is 10.3 Å². The smallest absolute Gasteiger partial charge is 0.251 e. The van der Waals surface area contributed by atoms with Crippen LogP contribution in [0, 0.1) is 0 Å². The van der Waals surface area contributed by atoms with Crippen molar-refractivity contribution in [2.24, 2.45) is 0 Å². The summed E-state index contributed by atoms with van der Waals surface area (Å²) in [5, 5.41) is 12.9. The van der Waals surface area contributed by atoms with Crippen molar-refractivity contribution in [1.29, 1.82) is 0 Å². The molecule has 0 saturated heterocycles. The SMILES string of the molecule is CN(C)c1cc(C(=O)NC(C)(C)C(C)(C)O)ccn1. The second kappa shape index (κ2) is 5.17. The van der Waals surface area contributed by atoms with E-state index in [0.29, 0.717) is 11.4 Å². The van der Waals surface area contributed by atoms with E-state index in [1.54, 1.807) is 46.0 Å². The van der Waals surface area contributed by atoms with E-state index in [-0.39, 0.29) is 5.91 Å². The molecule has 0 aliphatic rings. The number of aromatic nitrogens is 1. The normalized spacial score (nSPS) is 12.2. The van der Waals surface area contributed by atoms with E-state index in [1.165, 1.54) is 0 Å². The number of nitrogens with zero attached hydrogens (tertiary/aromatic N) is 2. The van der Waals surface area contributed by atoms with Gasteiger partial charge in [-0.2, -0.15) is 0 Å².